The van der Waals surface area contributed by atoms with Gasteiger partial charge in [0.2, 0.25) is 5.91 Å². The summed E-state index contributed by atoms with van der Waals surface area (Å²) in [5.41, 5.74) is 2.53. The van der Waals surface area contributed by atoms with Crippen molar-refractivity contribution < 1.29 is 4.79 Å². The summed E-state index contributed by atoms with van der Waals surface area (Å²) >= 11 is 0. The zero-order valence-corrected chi connectivity index (χ0v) is 10.4. The van der Waals surface area contributed by atoms with Gasteiger partial charge in [0.05, 0.1) is 0 Å². The van der Waals surface area contributed by atoms with Crippen molar-refractivity contribution in [2.24, 2.45) is 7.05 Å². The molecule has 1 aromatic heterocycles. The minimum Gasteiger partial charge on any atom is -0.356 e. The number of carbonyl (C=O) groups excluding carboxylic acids is 1. The van der Waals surface area contributed by atoms with Crippen LogP contribution in [-0.4, -0.2) is 17.0 Å². The molecule has 0 bridgehead atoms. The number of hydrogen-bond acceptors (Lipinski definition) is 1. The molecule has 0 radical (unpaired) electrons. The van der Waals surface area contributed by atoms with Crippen molar-refractivity contribution in [3.05, 3.63) is 36.0 Å². The number of nitrogens with one attached hydrogen (secondary N) is 1. The lowest BCUT2D eigenvalue weighted by Gasteiger charge is -2.02. The van der Waals surface area contributed by atoms with Gasteiger partial charge in [-0.25, -0.2) is 0 Å². The molecule has 0 aliphatic heterocycles. The molecule has 0 unspecified atom stereocenters. The van der Waals surface area contributed by atoms with Crippen molar-refractivity contribution in [1.82, 2.24) is 9.88 Å². The Kier molecular flexibility index (Phi) is 3.47. The molecular formula is C14H18N2O. The summed E-state index contributed by atoms with van der Waals surface area (Å²) in [6.45, 7) is 2.58. The number of nitrogens with zero attached hydrogens (tertiary/aromatic N) is 1. The fourth-order valence-electron chi connectivity index (χ4n) is 2.09. The highest BCUT2D eigenvalue weighted by atomic mass is 16.1. The lowest BCUT2D eigenvalue weighted by atomic mass is 10.1. The van der Waals surface area contributed by atoms with Crippen molar-refractivity contribution in [2.45, 2.75) is 19.8 Å². The van der Waals surface area contributed by atoms with Gasteiger partial charge in [0.15, 0.2) is 0 Å². The van der Waals surface area contributed by atoms with E-state index in [-0.39, 0.29) is 5.91 Å². The molecule has 2 rings (SSSR count). The predicted octanol–water partition coefficient (Wildman–Crippen LogP) is 2.25. The Bertz CT molecular complexity index is 528. The Morgan fingerprint density at radius 2 is 2.12 bits per heavy atom. The third-order valence-electron chi connectivity index (χ3n) is 3.02. The standard InChI is InChI=1S/C14H18N2O/c1-3-14(17)15-9-8-11-10-16(2)13-7-5-4-6-12(11)13/h4-7,10H,3,8-9H2,1-2H3,(H,15,17). The maximum absolute atomic E-state index is 11.2. The van der Waals surface area contributed by atoms with Crippen LogP contribution in [0.5, 0.6) is 0 Å². The van der Waals surface area contributed by atoms with E-state index >= 15 is 0 Å². The second-order valence-electron chi connectivity index (χ2n) is 4.24. The number of rotatable bonds is 4. The molecule has 3 nitrogen and oxygen atoms in total. The van der Waals surface area contributed by atoms with E-state index in [0.29, 0.717) is 13.0 Å². The average molecular weight is 230 g/mol. The highest BCUT2D eigenvalue weighted by Crippen LogP contribution is 2.20. The van der Waals surface area contributed by atoms with Crippen LogP contribution in [0.2, 0.25) is 0 Å². The highest BCUT2D eigenvalue weighted by Gasteiger charge is 2.05. The lowest BCUT2D eigenvalue weighted by Crippen LogP contribution is -2.24. The number of hydrogen-bond donors (Lipinski definition) is 1. The SMILES string of the molecule is CCC(=O)NCCc1cn(C)c2ccccc12. The van der Waals surface area contributed by atoms with E-state index in [1.54, 1.807) is 0 Å². The van der Waals surface area contributed by atoms with Crippen LogP contribution >= 0.6 is 0 Å². The second-order valence-corrected chi connectivity index (χ2v) is 4.24. The minimum absolute atomic E-state index is 0.116. The van der Waals surface area contributed by atoms with E-state index in [9.17, 15) is 4.79 Å². The van der Waals surface area contributed by atoms with E-state index in [4.69, 9.17) is 0 Å². The van der Waals surface area contributed by atoms with Crippen LogP contribution in [0.25, 0.3) is 10.9 Å². The first kappa shape index (κ1) is 11.7. The molecule has 1 aromatic carbocycles. The molecule has 0 saturated carbocycles. The van der Waals surface area contributed by atoms with Crippen LogP contribution < -0.4 is 5.32 Å². The maximum atomic E-state index is 11.2. The minimum atomic E-state index is 0.116. The van der Waals surface area contributed by atoms with E-state index in [1.807, 2.05) is 13.0 Å². The fraction of sp³-hybridized carbons (Fsp3) is 0.357. The number of amides is 1. The molecule has 0 atom stereocenters. The Balaban J connectivity index is 2.11. The first-order valence-corrected chi connectivity index (χ1v) is 6.02. The summed E-state index contributed by atoms with van der Waals surface area (Å²) in [6.07, 6.45) is 3.57. The molecule has 90 valence electrons. The third-order valence-corrected chi connectivity index (χ3v) is 3.02. The van der Waals surface area contributed by atoms with Crippen molar-refractivity contribution >= 4 is 16.8 Å². The third kappa shape index (κ3) is 2.49. The number of aromatic nitrogens is 1. The molecule has 1 N–H and O–H groups in total. The number of benzene rings is 1. The van der Waals surface area contributed by atoms with Crippen LogP contribution in [-0.2, 0) is 18.3 Å². The molecule has 17 heavy (non-hydrogen) atoms. The molecule has 0 fully saturated rings. The Morgan fingerprint density at radius 1 is 1.35 bits per heavy atom. The van der Waals surface area contributed by atoms with Crippen LogP contribution in [0, 0.1) is 0 Å². The first-order valence-electron chi connectivity index (χ1n) is 6.02. The Labute approximate surface area is 101 Å². The van der Waals surface area contributed by atoms with Gasteiger partial charge < -0.3 is 9.88 Å². The lowest BCUT2D eigenvalue weighted by molar-refractivity contribution is -0.120. The zero-order chi connectivity index (χ0) is 12.3. The predicted molar refractivity (Wildman–Crippen MR) is 69.9 cm³/mol. The van der Waals surface area contributed by atoms with E-state index < -0.39 is 0 Å². The summed E-state index contributed by atoms with van der Waals surface area (Å²) in [7, 11) is 2.05. The monoisotopic (exact) mass is 230 g/mol. The van der Waals surface area contributed by atoms with Gasteiger partial charge in [-0.05, 0) is 18.1 Å². The molecular weight excluding hydrogens is 212 g/mol. The van der Waals surface area contributed by atoms with E-state index in [0.717, 1.165) is 6.42 Å². The largest absolute Gasteiger partial charge is 0.356 e. The molecule has 1 heterocycles. The molecule has 0 aliphatic carbocycles. The number of aryl methyl sites for hydroxylation is 1. The average Bonchev–Trinajstić information content (AvgIpc) is 2.67. The van der Waals surface area contributed by atoms with Gasteiger partial charge in [-0.1, -0.05) is 25.1 Å². The number of carbonyl (C=O) groups is 1. The molecule has 0 aliphatic rings. The van der Waals surface area contributed by atoms with Gasteiger partial charge in [-0.3, -0.25) is 4.79 Å². The highest BCUT2D eigenvalue weighted by molar-refractivity contribution is 5.84. The van der Waals surface area contributed by atoms with Gasteiger partial charge in [0.25, 0.3) is 0 Å². The number of fused-ring (bicyclic) bond motifs is 1. The zero-order valence-electron chi connectivity index (χ0n) is 10.4. The fourth-order valence-corrected chi connectivity index (χ4v) is 2.09. The Morgan fingerprint density at radius 3 is 2.88 bits per heavy atom. The van der Waals surface area contributed by atoms with Gasteiger partial charge in [-0.15, -0.1) is 0 Å². The molecule has 1 amide bonds. The van der Waals surface area contributed by atoms with Gasteiger partial charge in [0, 0.05) is 37.1 Å². The van der Waals surface area contributed by atoms with Gasteiger partial charge >= 0.3 is 0 Å². The van der Waals surface area contributed by atoms with Crippen LogP contribution in [0.1, 0.15) is 18.9 Å². The van der Waals surface area contributed by atoms with Crippen molar-refractivity contribution in [3.63, 3.8) is 0 Å². The first-order chi connectivity index (χ1) is 8.22. The van der Waals surface area contributed by atoms with E-state index in [1.165, 1.54) is 16.5 Å². The number of para-hydroxylation sites is 1. The van der Waals surface area contributed by atoms with Crippen LogP contribution in [0.3, 0.4) is 0 Å². The normalized spacial score (nSPS) is 10.7. The molecule has 0 spiro atoms. The van der Waals surface area contributed by atoms with E-state index in [2.05, 4.69) is 41.3 Å². The summed E-state index contributed by atoms with van der Waals surface area (Å²) in [5.74, 6) is 0.116. The second kappa shape index (κ2) is 5.04. The summed E-state index contributed by atoms with van der Waals surface area (Å²) in [5, 5.41) is 4.19. The van der Waals surface area contributed by atoms with Crippen molar-refractivity contribution in [1.29, 1.82) is 0 Å². The van der Waals surface area contributed by atoms with Crippen LogP contribution in [0.15, 0.2) is 30.5 Å². The quantitative estimate of drug-likeness (QED) is 0.858. The van der Waals surface area contributed by atoms with Crippen molar-refractivity contribution in [2.75, 3.05) is 6.54 Å². The molecule has 3 heteroatoms. The summed E-state index contributed by atoms with van der Waals surface area (Å²) < 4.78 is 2.13. The van der Waals surface area contributed by atoms with Gasteiger partial charge in [-0.2, -0.15) is 0 Å². The molecule has 0 saturated heterocycles. The maximum Gasteiger partial charge on any atom is 0.219 e. The summed E-state index contributed by atoms with van der Waals surface area (Å²) in [6, 6.07) is 8.34. The Hall–Kier alpha value is -1.77. The van der Waals surface area contributed by atoms with Gasteiger partial charge in [0.1, 0.15) is 0 Å². The molecule has 2 aromatic rings. The smallest absolute Gasteiger partial charge is 0.219 e. The van der Waals surface area contributed by atoms with Crippen molar-refractivity contribution in [3.8, 4) is 0 Å². The topological polar surface area (TPSA) is 34.0 Å². The summed E-state index contributed by atoms with van der Waals surface area (Å²) in [4.78, 5) is 11.2. The van der Waals surface area contributed by atoms with Crippen LogP contribution in [0.4, 0.5) is 0 Å².